The summed E-state index contributed by atoms with van der Waals surface area (Å²) in [6, 6.07) is 3.71. The fraction of sp³-hybridized carbons (Fsp3) is 0.400. The molecule has 1 aromatic rings. The third-order valence-corrected chi connectivity index (χ3v) is 2.11. The van der Waals surface area contributed by atoms with Crippen molar-refractivity contribution >= 4 is 0 Å². The van der Waals surface area contributed by atoms with E-state index in [0.717, 1.165) is 6.07 Å². The number of aliphatic hydroxyl groups is 4. The number of benzene rings is 1. The number of rotatable bonds is 4. The summed E-state index contributed by atoms with van der Waals surface area (Å²) in [6.45, 7) is -0.945. The molecule has 2 unspecified atom stereocenters. The Morgan fingerprint density at radius 3 is 2.40 bits per heavy atom. The molecule has 2 atom stereocenters. The largest absolute Gasteiger partial charge is 0.394 e. The van der Waals surface area contributed by atoms with Crippen molar-refractivity contribution < 1.29 is 24.8 Å². The van der Waals surface area contributed by atoms with Crippen LogP contribution in [0.1, 0.15) is 17.2 Å². The molecule has 0 fully saturated rings. The first-order chi connectivity index (χ1) is 7.10. The summed E-state index contributed by atoms with van der Waals surface area (Å²) in [5.74, 6) is -0.688. The lowest BCUT2D eigenvalue weighted by atomic mass is 10.0. The van der Waals surface area contributed by atoms with Crippen molar-refractivity contribution in [2.24, 2.45) is 0 Å². The summed E-state index contributed by atoms with van der Waals surface area (Å²) in [6.07, 6.45) is -2.94. The summed E-state index contributed by atoms with van der Waals surface area (Å²) < 4.78 is 13.2. The maximum Gasteiger partial charge on any atom is 0.129 e. The van der Waals surface area contributed by atoms with Crippen LogP contribution in [0.25, 0.3) is 0 Å². The molecule has 0 bridgehead atoms. The van der Waals surface area contributed by atoms with Gasteiger partial charge in [0.25, 0.3) is 0 Å². The van der Waals surface area contributed by atoms with Gasteiger partial charge in [-0.05, 0) is 17.7 Å². The maximum atomic E-state index is 13.2. The number of hydrogen-bond donors (Lipinski definition) is 4. The fourth-order valence-electron chi connectivity index (χ4n) is 1.23. The molecule has 0 aliphatic rings. The van der Waals surface area contributed by atoms with Gasteiger partial charge in [-0.3, -0.25) is 0 Å². The molecule has 84 valence electrons. The second kappa shape index (κ2) is 5.18. The monoisotopic (exact) mass is 216 g/mol. The van der Waals surface area contributed by atoms with Crippen LogP contribution in [0.15, 0.2) is 18.2 Å². The summed E-state index contributed by atoms with van der Waals surface area (Å²) in [5, 5.41) is 36.0. The van der Waals surface area contributed by atoms with Crippen molar-refractivity contribution in [2.75, 3.05) is 6.61 Å². The molecule has 0 aromatic heterocycles. The number of halogens is 1. The Balaban J connectivity index is 3.01. The van der Waals surface area contributed by atoms with Crippen LogP contribution in [0.3, 0.4) is 0 Å². The SMILES string of the molecule is OCc1ccc(F)c(C(O)C(O)CO)c1. The van der Waals surface area contributed by atoms with E-state index < -0.39 is 24.6 Å². The smallest absolute Gasteiger partial charge is 0.129 e. The average molecular weight is 216 g/mol. The quantitative estimate of drug-likeness (QED) is 0.557. The van der Waals surface area contributed by atoms with E-state index in [4.69, 9.17) is 15.3 Å². The minimum Gasteiger partial charge on any atom is -0.394 e. The highest BCUT2D eigenvalue weighted by Gasteiger charge is 2.20. The first kappa shape index (κ1) is 12.1. The van der Waals surface area contributed by atoms with Crippen LogP contribution < -0.4 is 0 Å². The van der Waals surface area contributed by atoms with Gasteiger partial charge in [-0.2, -0.15) is 0 Å². The van der Waals surface area contributed by atoms with E-state index in [1.165, 1.54) is 12.1 Å². The lowest BCUT2D eigenvalue weighted by Gasteiger charge is -2.17. The molecule has 0 aliphatic heterocycles. The van der Waals surface area contributed by atoms with E-state index >= 15 is 0 Å². The second-order valence-corrected chi connectivity index (χ2v) is 3.21. The van der Waals surface area contributed by atoms with Crippen LogP contribution in [-0.4, -0.2) is 33.1 Å². The van der Waals surface area contributed by atoms with Crippen molar-refractivity contribution in [1.82, 2.24) is 0 Å². The Kier molecular flexibility index (Phi) is 4.16. The van der Waals surface area contributed by atoms with Crippen LogP contribution in [0.2, 0.25) is 0 Å². The Hall–Kier alpha value is -1.01. The Morgan fingerprint density at radius 2 is 1.87 bits per heavy atom. The van der Waals surface area contributed by atoms with Crippen LogP contribution in [0.5, 0.6) is 0 Å². The average Bonchev–Trinajstić information content (AvgIpc) is 2.27. The molecule has 0 spiro atoms. The van der Waals surface area contributed by atoms with E-state index in [9.17, 15) is 9.50 Å². The lowest BCUT2D eigenvalue weighted by Crippen LogP contribution is -2.23. The van der Waals surface area contributed by atoms with Gasteiger partial charge < -0.3 is 20.4 Å². The third-order valence-electron chi connectivity index (χ3n) is 2.11. The molecular weight excluding hydrogens is 203 g/mol. The first-order valence-corrected chi connectivity index (χ1v) is 4.46. The molecule has 0 saturated carbocycles. The van der Waals surface area contributed by atoms with Gasteiger partial charge in [0.05, 0.1) is 13.2 Å². The topological polar surface area (TPSA) is 80.9 Å². The highest BCUT2D eigenvalue weighted by atomic mass is 19.1. The van der Waals surface area contributed by atoms with Gasteiger partial charge in [0.2, 0.25) is 0 Å². The minimum atomic E-state index is -1.50. The summed E-state index contributed by atoms with van der Waals surface area (Å²) >= 11 is 0. The molecular formula is C10H13FO4. The fourth-order valence-corrected chi connectivity index (χ4v) is 1.23. The minimum absolute atomic E-state index is 0.136. The predicted octanol–water partition coefficient (Wildman–Crippen LogP) is -0.295. The van der Waals surface area contributed by atoms with Crippen molar-refractivity contribution in [1.29, 1.82) is 0 Å². The van der Waals surface area contributed by atoms with Crippen molar-refractivity contribution in [3.63, 3.8) is 0 Å². The van der Waals surface area contributed by atoms with Crippen molar-refractivity contribution in [3.05, 3.63) is 35.1 Å². The predicted molar refractivity (Wildman–Crippen MR) is 50.4 cm³/mol. The highest BCUT2D eigenvalue weighted by Crippen LogP contribution is 2.21. The van der Waals surface area contributed by atoms with Gasteiger partial charge in [0, 0.05) is 5.56 Å². The van der Waals surface area contributed by atoms with Crippen molar-refractivity contribution in [3.8, 4) is 0 Å². The van der Waals surface area contributed by atoms with Crippen LogP contribution in [0, 0.1) is 5.82 Å². The Bertz CT molecular complexity index is 329. The van der Waals surface area contributed by atoms with E-state index in [2.05, 4.69) is 0 Å². The van der Waals surface area contributed by atoms with Gasteiger partial charge in [0.1, 0.15) is 18.0 Å². The molecule has 0 saturated heterocycles. The van der Waals surface area contributed by atoms with E-state index in [-0.39, 0.29) is 12.2 Å². The summed E-state index contributed by atoms with van der Waals surface area (Å²) in [5.41, 5.74) is 0.290. The standard InChI is InChI=1S/C10H13FO4/c11-8-2-1-6(4-12)3-7(8)10(15)9(14)5-13/h1-3,9-10,12-15H,4-5H2. The van der Waals surface area contributed by atoms with Crippen LogP contribution in [0.4, 0.5) is 4.39 Å². The summed E-state index contributed by atoms with van der Waals surface area (Å²) in [4.78, 5) is 0. The molecule has 0 aliphatic carbocycles. The number of hydrogen-bond acceptors (Lipinski definition) is 4. The zero-order chi connectivity index (χ0) is 11.4. The number of aliphatic hydroxyl groups excluding tert-OH is 4. The molecule has 15 heavy (non-hydrogen) atoms. The molecule has 0 heterocycles. The van der Waals surface area contributed by atoms with Gasteiger partial charge in [-0.1, -0.05) is 6.07 Å². The lowest BCUT2D eigenvalue weighted by molar-refractivity contribution is -0.0168. The van der Waals surface area contributed by atoms with Gasteiger partial charge >= 0.3 is 0 Å². The van der Waals surface area contributed by atoms with Gasteiger partial charge in [-0.25, -0.2) is 4.39 Å². The zero-order valence-corrected chi connectivity index (χ0v) is 7.97. The van der Waals surface area contributed by atoms with Crippen LogP contribution in [-0.2, 0) is 6.61 Å². The second-order valence-electron chi connectivity index (χ2n) is 3.21. The molecule has 0 radical (unpaired) electrons. The van der Waals surface area contributed by atoms with Gasteiger partial charge in [0.15, 0.2) is 0 Å². The van der Waals surface area contributed by atoms with E-state index in [0.29, 0.717) is 5.56 Å². The molecule has 5 heteroatoms. The van der Waals surface area contributed by atoms with Crippen LogP contribution >= 0.6 is 0 Å². The molecule has 0 amide bonds. The maximum absolute atomic E-state index is 13.2. The Labute approximate surface area is 86.2 Å². The third kappa shape index (κ3) is 2.73. The normalized spacial score (nSPS) is 15.0. The first-order valence-electron chi connectivity index (χ1n) is 4.46. The molecule has 1 aromatic carbocycles. The zero-order valence-electron chi connectivity index (χ0n) is 7.97. The molecule has 4 nitrogen and oxygen atoms in total. The van der Waals surface area contributed by atoms with E-state index in [1.54, 1.807) is 0 Å². The molecule has 1 rings (SSSR count). The highest BCUT2D eigenvalue weighted by molar-refractivity contribution is 5.27. The van der Waals surface area contributed by atoms with Gasteiger partial charge in [-0.15, -0.1) is 0 Å². The summed E-state index contributed by atoms with van der Waals surface area (Å²) in [7, 11) is 0. The molecule has 4 N–H and O–H groups in total. The Morgan fingerprint density at radius 1 is 1.20 bits per heavy atom. The van der Waals surface area contributed by atoms with Crippen molar-refractivity contribution in [2.45, 2.75) is 18.8 Å². The van der Waals surface area contributed by atoms with E-state index in [1.807, 2.05) is 0 Å².